The van der Waals surface area contributed by atoms with Gasteiger partial charge in [-0.2, -0.15) is 0 Å². The zero-order chi connectivity index (χ0) is 9.84. The van der Waals surface area contributed by atoms with Gasteiger partial charge in [-0.15, -0.1) is 0 Å². The first-order valence-corrected chi connectivity index (χ1v) is 4.21. The van der Waals surface area contributed by atoms with Gasteiger partial charge in [-0.05, 0) is 12.5 Å². The fraction of sp³-hybridized carbons (Fsp3) is 0.444. The minimum absolute atomic E-state index is 0.0330. The standard InChI is InChI=1S/C9H14N2O2/c1-7-8(6-10)2-3-9(13)11(7)4-5-12/h2-3,12H,4-6,10H2,1H3. The van der Waals surface area contributed by atoms with Crippen LogP contribution in [0.15, 0.2) is 16.9 Å². The van der Waals surface area contributed by atoms with E-state index < -0.39 is 0 Å². The van der Waals surface area contributed by atoms with E-state index in [1.54, 1.807) is 6.07 Å². The predicted molar refractivity (Wildman–Crippen MR) is 50.4 cm³/mol. The normalized spacial score (nSPS) is 10.4. The molecule has 1 aromatic heterocycles. The van der Waals surface area contributed by atoms with Crippen LogP contribution in [-0.2, 0) is 13.1 Å². The molecule has 1 rings (SSSR count). The zero-order valence-corrected chi connectivity index (χ0v) is 7.66. The van der Waals surface area contributed by atoms with Crippen molar-refractivity contribution in [1.82, 2.24) is 4.57 Å². The maximum Gasteiger partial charge on any atom is 0.250 e. The van der Waals surface area contributed by atoms with Crippen LogP contribution in [0.3, 0.4) is 0 Å². The Kier molecular flexibility index (Phi) is 3.22. The second-order valence-corrected chi connectivity index (χ2v) is 2.86. The molecule has 0 spiro atoms. The van der Waals surface area contributed by atoms with Crippen molar-refractivity contribution in [2.24, 2.45) is 5.73 Å². The van der Waals surface area contributed by atoms with E-state index in [1.807, 2.05) is 6.92 Å². The summed E-state index contributed by atoms with van der Waals surface area (Å²) in [6, 6.07) is 3.20. The van der Waals surface area contributed by atoms with Crippen LogP contribution < -0.4 is 11.3 Å². The van der Waals surface area contributed by atoms with Gasteiger partial charge in [0.2, 0.25) is 0 Å². The Labute approximate surface area is 76.6 Å². The minimum Gasteiger partial charge on any atom is -0.395 e. The van der Waals surface area contributed by atoms with Crippen LogP contribution in [0, 0.1) is 6.92 Å². The third-order valence-corrected chi connectivity index (χ3v) is 2.11. The average molecular weight is 182 g/mol. The molecule has 13 heavy (non-hydrogen) atoms. The first-order chi connectivity index (χ1) is 6.20. The van der Waals surface area contributed by atoms with Crippen LogP contribution in [0.4, 0.5) is 0 Å². The fourth-order valence-electron chi connectivity index (χ4n) is 1.31. The summed E-state index contributed by atoms with van der Waals surface area (Å²) in [5, 5.41) is 8.74. The van der Waals surface area contributed by atoms with Crippen LogP contribution >= 0.6 is 0 Å². The second-order valence-electron chi connectivity index (χ2n) is 2.86. The second kappa shape index (κ2) is 4.20. The number of aliphatic hydroxyl groups excluding tert-OH is 1. The van der Waals surface area contributed by atoms with Crippen LogP contribution in [-0.4, -0.2) is 16.3 Å². The van der Waals surface area contributed by atoms with Gasteiger partial charge in [-0.1, -0.05) is 6.07 Å². The van der Waals surface area contributed by atoms with Gasteiger partial charge in [0, 0.05) is 24.8 Å². The average Bonchev–Trinajstić information content (AvgIpc) is 2.12. The van der Waals surface area contributed by atoms with Crippen LogP contribution in [0.2, 0.25) is 0 Å². The largest absolute Gasteiger partial charge is 0.395 e. The minimum atomic E-state index is -0.0937. The first kappa shape index (κ1) is 9.95. The van der Waals surface area contributed by atoms with Crippen molar-refractivity contribution < 1.29 is 5.11 Å². The highest BCUT2D eigenvalue weighted by Crippen LogP contribution is 2.03. The Hall–Kier alpha value is -1.13. The maximum atomic E-state index is 11.3. The monoisotopic (exact) mass is 182 g/mol. The molecule has 3 N–H and O–H groups in total. The van der Waals surface area contributed by atoms with Gasteiger partial charge in [-0.3, -0.25) is 4.79 Å². The number of rotatable bonds is 3. The highest BCUT2D eigenvalue weighted by molar-refractivity contribution is 5.19. The topological polar surface area (TPSA) is 68.2 Å². The number of nitrogens with two attached hydrogens (primary N) is 1. The third kappa shape index (κ3) is 1.96. The molecule has 1 aromatic rings. The summed E-state index contributed by atoms with van der Waals surface area (Å²) in [7, 11) is 0. The van der Waals surface area contributed by atoms with E-state index in [9.17, 15) is 4.79 Å². The summed E-state index contributed by atoms with van der Waals surface area (Å²) >= 11 is 0. The molecular weight excluding hydrogens is 168 g/mol. The van der Waals surface area contributed by atoms with Crippen molar-refractivity contribution in [3.05, 3.63) is 33.7 Å². The summed E-state index contributed by atoms with van der Waals surface area (Å²) in [6.07, 6.45) is 0. The number of aromatic nitrogens is 1. The molecule has 0 radical (unpaired) electrons. The van der Waals surface area contributed by atoms with Gasteiger partial charge in [0.15, 0.2) is 0 Å². The molecule has 0 unspecified atom stereocenters. The summed E-state index contributed by atoms with van der Waals surface area (Å²) in [4.78, 5) is 11.3. The number of hydrogen-bond donors (Lipinski definition) is 2. The molecular formula is C9H14N2O2. The Balaban J connectivity index is 3.21. The molecule has 0 aliphatic heterocycles. The van der Waals surface area contributed by atoms with E-state index in [0.717, 1.165) is 11.3 Å². The molecule has 0 saturated heterocycles. The number of pyridine rings is 1. The molecule has 1 heterocycles. The van der Waals surface area contributed by atoms with Crippen molar-refractivity contribution >= 4 is 0 Å². The van der Waals surface area contributed by atoms with E-state index in [4.69, 9.17) is 10.8 Å². The fourth-order valence-corrected chi connectivity index (χ4v) is 1.31. The van der Waals surface area contributed by atoms with Gasteiger partial charge in [0.25, 0.3) is 5.56 Å². The van der Waals surface area contributed by atoms with Gasteiger partial charge < -0.3 is 15.4 Å². The smallest absolute Gasteiger partial charge is 0.250 e. The lowest BCUT2D eigenvalue weighted by Gasteiger charge is -2.11. The van der Waals surface area contributed by atoms with Crippen LogP contribution in [0.1, 0.15) is 11.3 Å². The molecule has 0 bridgehead atoms. The molecule has 0 amide bonds. The maximum absolute atomic E-state index is 11.3. The quantitative estimate of drug-likeness (QED) is 0.668. The zero-order valence-electron chi connectivity index (χ0n) is 7.66. The summed E-state index contributed by atoms with van der Waals surface area (Å²) in [5.74, 6) is 0. The SMILES string of the molecule is Cc1c(CN)ccc(=O)n1CCO. The van der Waals surface area contributed by atoms with Gasteiger partial charge in [0.05, 0.1) is 6.61 Å². The highest BCUT2D eigenvalue weighted by Gasteiger charge is 2.03. The van der Waals surface area contributed by atoms with E-state index in [2.05, 4.69) is 0 Å². The molecule has 0 aliphatic carbocycles. The molecule has 0 aliphatic rings. The number of nitrogens with zero attached hydrogens (tertiary/aromatic N) is 1. The van der Waals surface area contributed by atoms with Crippen molar-refractivity contribution in [2.75, 3.05) is 6.61 Å². The highest BCUT2D eigenvalue weighted by atomic mass is 16.3. The predicted octanol–water partition coefficient (Wildman–Crippen LogP) is -0.392. The Morgan fingerprint density at radius 2 is 2.23 bits per heavy atom. The molecule has 0 aromatic carbocycles. The lowest BCUT2D eigenvalue weighted by molar-refractivity contribution is 0.272. The molecule has 4 heteroatoms. The van der Waals surface area contributed by atoms with E-state index in [-0.39, 0.29) is 12.2 Å². The Morgan fingerprint density at radius 3 is 2.77 bits per heavy atom. The molecule has 0 atom stereocenters. The van der Waals surface area contributed by atoms with E-state index in [1.165, 1.54) is 10.6 Å². The third-order valence-electron chi connectivity index (χ3n) is 2.11. The number of hydrogen-bond acceptors (Lipinski definition) is 3. The van der Waals surface area contributed by atoms with Crippen molar-refractivity contribution in [3.63, 3.8) is 0 Å². The van der Waals surface area contributed by atoms with Crippen LogP contribution in [0.25, 0.3) is 0 Å². The summed E-state index contributed by atoms with van der Waals surface area (Å²) < 4.78 is 1.53. The van der Waals surface area contributed by atoms with Gasteiger partial charge in [0.1, 0.15) is 0 Å². The van der Waals surface area contributed by atoms with Gasteiger partial charge in [-0.25, -0.2) is 0 Å². The lowest BCUT2D eigenvalue weighted by Crippen LogP contribution is -2.24. The van der Waals surface area contributed by atoms with Crippen LogP contribution in [0.5, 0.6) is 0 Å². The Bertz CT molecular complexity index is 344. The molecule has 0 saturated carbocycles. The van der Waals surface area contributed by atoms with Crippen molar-refractivity contribution in [1.29, 1.82) is 0 Å². The molecule has 72 valence electrons. The summed E-state index contributed by atoms with van der Waals surface area (Å²) in [6.45, 7) is 2.55. The van der Waals surface area contributed by atoms with E-state index >= 15 is 0 Å². The van der Waals surface area contributed by atoms with Crippen molar-refractivity contribution in [3.8, 4) is 0 Å². The Morgan fingerprint density at radius 1 is 1.54 bits per heavy atom. The van der Waals surface area contributed by atoms with E-state index in [0.29, 0.717) is 13.1 Å². The summed E-state index contributed by atoms with van der Waals surface area (Å²) in [5.41, 5.74) is 7.17. The molecule has 0 fully saturated rings. The number of aliphatic hydroxyl groups is 1. The lowest BCUT2D eigenvalue weighted by atomic mass is 10.2. The van der Waals surface area contributed by atoms with Gasteiger partial charge >= 0.3 is 0 Å². The van der Waals surface area contributed by atoms with Crippen molar-refractivity contribution in [2.45, 2.75) is 20.0 Å². The molecule has 4 nitrogen and oxygen atoms in total. The first-order valence-electron chi connectivity index (χ1n) is 4.21.